The van der Waals surface area contributed by atoms with Gasteiger partial charge in [-0.05, 0) is 12.1 Å². The van der Waals surface area contributed by atoms with Gasteiger partial charge in [-0.25, -0.2) is 18.8 Å². The van der Waals surface area contributed by atoms with Crippen LogP contribution in [0.15, 0.2) is 36.7 Å². The van der Waals surface area contributed by atoms with Crippen molar-refractivity contribution >= 4 is 16.8 Å². The number of carbonyl (C=O) groups is 1. The smallest absolute Gasteiger partial charge is 0.296 e. The van der Waals surface area contributed by atoms with Crippen LogP contribution in [0.1, 0.15) is 21.6 Å². The SMILES string of the molecule is O=C1c2ncc3c(ccn3Cc3ccc(F)cc3F)c2CN1O. The quantitative estimate of drug-likeness (QED) is 0.740. The van der Waals surface area contributed by atoms with Crippen LogP contribution in [0.25, 0.3) is 10.9 Å². The largest absolute Gasteiger partial charge is 0.342 e. The third kappa shape index (κ3) is 2.08. The molecule has 5 nitrogen and oxygen atoms in total. The number of benzene rings is 1. The van der Waals surface area contributed by atoms with Crippen molar-refractivity contribution in [2.45, 2.75) is 13.1 Å². The Morgan fingerprint density at radius 1 is 1.26 bits per heavy atom. The van der Waals surface area contributed by atoms with Crippen LogP contribution in [0, 0.1) is 11.6 Å². The summed E-state index contributed by atoms with van der Waals surface area (Å²) >= 11 is 0. The highest BCUT2D eigenvalue weighted by molar-refractivity contribution is 6.01. The Morgan fingerprint density at radius 3 is 2.87 bits per heavy atom. The van der Waals surface area contributed by atoms with Gasteiger partial charge in [-0.15, -0.1) is 0 Å². The topological polar surface area (TPSA) is 58.4 Å². The van der Waals surface area contributed by atoms with E-state index in [1.54, 1.807) is 16.8 Å². The number of rotatable bonds is 2. The first kappa shape index (κ1) is 13.8. The van der Waals surface area contributed by atoms with Crippen LogP contribution in [-0.2, 0) is 13.1 Å². The molecule has 7 heteroatoms. The summed E-state index contributed by atoms with van der Waals surface area (Å²) in [5.41, 5.74) is 1.94. The van der Waals surface area contributed by atoms with Gasteiger partial charge >= 0.3 is 0 Å². The summed E-state index contributed by atoms with van der Waals surface area (Å²) in [7, 11) is 0. The summed E-state index contributed by atoms with van der Waals surface area (Å²) in [5.74, 6) is -1.76. The van der Waals surface area contributed by atoms with E-state index in [2.05, 4.69) is 4.98 Å². The van der Waals surface area contributed by atoms with Gasteiger partial charge in [-0.2, -0.15) is 0 Å². The van der Waals surface area contributed by atoms with E-state index in [9.17, 15) is 18.8 Å². The summed E-state index contributed by atoms with van der Waals surface area (Å²) in [4.78, 5) is 15.8. The molecule has 0 spiro atoms. The minimum atomic E-state index is -0.621. The van der Waals surface area contributed by atoms with Crippen LogP contribution < -0.4 is 0 Å². The molecule has 0 atom stereocenters. The van der Waals surface area contributed by atoms with Crippen molar-refractivity contribution in [2.75, 3.05) is 0 Å². The lowest BCUT2D eigenvalue weighted by molar-refractivity contribution is -0.0579. The molecule has 0 aliphatic carbocycles. The maximum atomic E-state index is 13.8. The summed E-state index contributed by atoms with van der Waals surface area (Å²) < 4.78 is 28.6. The Bertz CT molecular complexity index is 952. The first-order chi connectivity index (χ1) is 11.0. The summed E-state index contributed by atoms with van der Waals surface area (Å²) in [6, 6.07) is 5.25. The molecule has 0 unspecified atom stereocenters. The molecule has 1 aliphatic rings. The highest BCUT2D eigenvalue weighted by atomic mass is 19.1. The average molecular weight is 315 g/mol. The molecule has 0 radical (unpaired) electrons. The number of carbonyl (C=O) groups excluding carboxylic acids is 1. The molecule has 2 aromatic heterocycles. The van der Waals surface area contributed by atoms with Crippen LogP contribution in [-0.4, -0.2) is 25.7 Å². The molecule has 0 saturated carbocycles. The van der Waals surface area contributed by atoms with Crippen LogP contribution >= 0.6 is 0 Å². The number of nitrogens with zero attached hydrogens (tertiary/aromatic N) is 3. The number of pyridine rings is 1. The summed E-state index contributed by atoms with van der Waals surface area (Å²) in [5, 5.41) is 10.9. The Kier molecular flexibility index (Phi) is 2.92. The van der Waals surface area contributed by atoms with Crippen molar-refractivity contribution in [3.05, 3.63) is 65.1 Å². The molecule has 4 rings (SSSR count). The molecule has 1 amide bonds. The van der Waals surface area contributed by atoms with Gasteiger partial charge in [0.1, 0.15) is 17.3 Å². The average Bonchev–Trinajstić information content (AvgIpc) is 3.05. The van der Waals surface area contributed by atoms with Gasteiger partial charge in [-0.1, -0.05) is 6.07 Å². The Hall–Kier alpha value is -2.80. The normalized spacial score (nSPS) is 13.9. The number of amides is 1. The van der Waals surface area contributed by atoms with Crippen LogP contribution in [0.2, 0.25) is 0 Å². The zero-order valence-electron chi connectivity index (χ0n) is 11.8. The number of aromatic nitrogens is 2. The van der Waals surface area contributed by atoms with E-state index in [0.717, 1.165) is 17.0 Å². The van der Waals surface area contributed by atoms with Crippen molar-refractivity contribution in [3.8, 4) is 0 Å². The third-order valence-corrected chi connectivity index (χ3v) is 4.03. The predicted octanol–water partition coefficient (Wildman–Crippen LogP) is 2.71. The predicted molar refractivity (Wildman–Crippen MR) is 76.9 cm³/mol. The van der Waals surface area contributed by atoms with Gasteiger partial charge in [0.2, 0.25) is 0 Å². The van der Waals surface area contributed by atoms with Crippen molar-refractivity contribution in [2.24, 2.45) is 0 Å². The lowest BCUT2D eigenvalue weighted by atomic mass is 10.1. The number of halogens is 2. The molecule has 1 aromatic carbocycles. The molecular weight excluding hydrogens is 304 g/mol. The highest BCUT2D eigenvalue weighted by Crippen LogP contribution is 2.28. The minimum Gasteiger partial charge on any atom is -0.342 e. The fourth-order valence-corrected chi connectivity index (χ4v) is 2.87. The van der Waals surface area contributed by atoms with E-state index >= 15 is 0 Å². The first-order valence-electron chi connectivity index (χ1n) is 6.96. The monoisotopic (exact) mass is 315 g/mol. The second-order valence-corrected chi connectivity index (χ2v) is 5.43. The maximum absolute atomic E-state index is 13.8. The van der Waals surface area contributed by atoms with Crippen molar-refractivity contribution in [3.63, 3.8) is 0 Å². The van der Waals surface area contributed by atoms with Gasteiger partial charge < -0.3 is 4.57 Å². The Labute approximate surface area is 129 Å². The van der Waals surface area contributed by atoms with Crippen LogP contribution in [0.3, 0.4) is 0 Å². The molecule has 1 aliphatic heterocycles. The van der Waals surface area contributed by atoms with Crippen molar-refractivity contribution in [1.82, 2.24) is 14.6 Å². The number of hydroxylamine groups is 2. The van der Waals surface area contributed by atoms with Gasteiger partial charge in [0.05, 0.1) is 24.8 Å². The molecular formula is C16H11F2N3O2. The Morgan fingerprint density at radius 2 is 2.09 bits per heavy atom. The number of fused-ring (bicyclic) bond motifs is 3. The van der Waals surface area contributed by atoms with E-state index < -0.39 is 17.5 Å². The molecule has 23 heavy (non-hydrogen) atoms. The molecule has 3 heterocycles. The van der Waals surface area contributed by atoms with E-state index in [4.69, 9.17) is 0 Å². The van der Waals surface area contributed by atoms with Crippen LogP contribution in [0.5, 0.6) is 0 Å². The maximum Gasteiger partial charge on any atom is 0.296 e. The molecule has 0 fully saturated rings. The number of hydrogen-bond acceptors (Lipinski definition) is 3. The first-order valence-corrected chi connectivity index (χ1v) is 6.96. The zero-order valence-corrected chi connectivity index (χ0v) is 11.8. The van der Waals surface area contributed by atoms with Gasteiger partial charge in [0.25, 0.3) is 5.91 Å². The fraction of sp³-hybridized carbons (Fsp3) is 0.125. The van der Waals surface area contributed by atoms with E-state index in [0.29, 0.717) is 16.2 Å². The summed E-state index contributed by atoms with van der Waals surface area (Å²) in [6.45, 7) is 0.292. The van der Waals surface area contributed by atoms with Gasteiger partial charge in [-0.3, -0.25) is 10.0 Å². The van der Waals surface area contributed by atoms with Crippen molar-refractivity contribution in [1.29, 1.82) is 0 Å². The van der Waals surface area contributed by atoms with E-state index in [1.165, 1.54) is 18.3 Å². The zero-order chi connectivity index (χ0) is 16.1. The van der Waals surface area contributed by atoms with E-state index in [-0.39, 0.29) is 18.8 Å². The standard InChI is InChI=1S/C16H11F2N3O2/c17-10-2-1-9(13(18)5-10)7-20-4-3-11-12-8-21(23)16(22)15(12)19-6-14(11)20/h1-6,23H,7-8H2. The van der Waals surface area contributed by atoms with Crippen LogP contribution in [0.4, 0.5) is 8.78 Å². The second-order valence-electron chi connectivity index (χ2n) is 5.43. The minimum absolute atomic E-state index is 0.0768. The van der Waals surface area contributed by atoms with Crippen molar-refractivity contribution < 1.29 is 18.8 Å². The van der Waals surface area contributed by atoms with Gasteiger partial charge in [0.15, 0.2) is 0 Å². The molecule has 0 bridgehead atoms. The lowest BCUT2D eigenvalue weighted by Crippen LogP contribution is -2.18. The molecule has 1 N–H and O–H groups in total. The summed E-state index contributed by atoms with van der Waals surface area (Å²) in [6.07, 6.45) is 3.27. The third-order valence-electron chi connectivity index (χ3n) is 4.03. The molecule has 0 saturated heterocycles. The second kappa shape index (κ2) is 4.85. The molecule has 3 aromatic rings. The number of hydrogen-bond donors (Lipinski definition) is 1. The fourth-order valence-electron chi connectivity index (χ4n) is 2.87. The van der Waals surface area contributed by atoms with E-state index in [1.807, 2.05) is 0 Å². The Balaban J connectivity index is 1.78. The molecule has 116 valence electrons. The highest BCUT2D eigenvalue weighted by Gasteiger charge is 2.30. The van der Waals surface area contributed by atoms with Gasteiger partial charge in [0, 0.05) is 28.8 Å². The lowest BCUT2D eigenvalue weighted by Gasteiger charge is -2.07.